The molecule has 0 spiro atoms. The Morgan fingerprint density at radius 3 is 1.93 bits per heavy atom. The van der Waals surface area contributed by atoms with Gasteiger partial charge < -0.3 is 33.2 Å². The predicted molar refractivity (Wildman–Crippen MR) is 144 cm³/mol. The second-order valence-electron chi connectivity index (χ2n) is 9.78. The molecule has 1 fully saturated rings. The maximum absolute atomic E-state index is 12.1. The van der Waals surface area contributed by atoms with Crippen LogP contribution in [-0.2, 0) is 49.3 Å². The summed E-state index contributed by atoms with van der Waals surface area (Å²) in [5.74, 6) is -1.57. The van der Waals surface area contributed by atoms with Gasteiger partial charge in [-0.2, -0.15) is 0 Å². The number of carbonyl (C=O) groups excluding carboxylic acids is 4. The summed E-state index contributed by atoms with van der Waals surface area (Å²) in [4.78, 5) is 47.7. The number of para-hydroxylation sites is 1. The molecule has 3 rings (SSSR count). The Balaban J connectivity index is 1.94. The zero-order valence-corrected chi connectivity index (χ0v) is 24.0. The van der Waals surface area contributed by atoms with Gasteiger partial charge in [0.2, 0.25) is 12.4 Å². The molecule has 0 amide bonds. The van der Waals surface area contributed by atoms with Gasteiger partial charge >= 0.3 is 23.9 Å². The number of hydrogen-bond acceptors (Lipinski definition) is 11. The molecule has 1 heterocycles. The second-order valence-corrected chi connectivity index (χ2v) is 9.78. The smallest absolute Gasteiger partial charge is 0.303 e. The molecule has 222 valence electrons. The van der Waals surface area contributed by atoms with Crippen LogP contribution in [0.4, 0.5) is 0 Å². The van der Waals surface area contributed by atoms with E-state index < -0.39 is 54.6 Å². The molecule has 11 heteroatoms. The number of ether oxygens (including phenoxy) is 7. The fourth-order valence-electron chi connectivity index (χ4n) is 4.35. The van der Waals surface area contributed by atoms with Gasteiger partial charge in [0.25, 0.3) is 0 Å². The van der Waals surface area contributed by atoms with E-state index in [-0.39, 0.29) is 12.7 Å². The van der Waals surface area contributed by atoms with Crippen molar-refractivity contribution in [2.24, 2.45) is 0 Å². The van der Waals surface area contributed by atoms with E-state index in [2.05, 4.69) is 0 Å². The van der Waals surface area contributed by atoms with E-state index in [0.29, 0.717) is 12.2 Å². The lowest BCUT2D eigenvalue weighted by Crippen LogP contribution is -2.63. The Kier molecular flexibility index (Phi) is 11.1. The quantitative estimate of drug-likeness (QED) is 0.289. The average Bonchev–Trinajstić information content (AvgIpc) is 2.87. The summed E-state index contributed by atoms with van der Waals surface area (Å²) in [5, 5.41) is 0. The van der Waals surface area contributed by atoms with Crippen molar-refractivity contribution < 1.29 is 52.3 Å². The summed E-state index contributed by atoms with van der Waals surface area (Å²) in [6.07, 6.45) is -5.79. The number of benzene rings is 2. The Bertz CT molecular complexity index is 1210. The maximum Gasteiger partial charge on any atom is 0.303 e. The largest absolute Gasteiger partial charge is 0.491 e. The summed E-state index contributed by atoms with van der Waals surface area (Å²) >= 11 is 0. The lowest BCUT2D eigenvalue weighted by Gasteiger charge is -2.44. The van der Waals surface area contributed by atoms with Crippen LogP contribution in [0.1, 0.15) is 52.7 Å². The van der Waals surface area contributed by atoms with Crippen molar-refractivity contribution in [1.29, 1.82) is 0 Å². The molecule has 0 radical (unpaired) electrons. The zero-order valence-electron chi connectivity index (χ0n) is 24.0. The summed E-state index contributed by atoms with van der Waals surface area (Å²) < 4.78 is 39.6. The van der Waals surface area contributed by atoms with E-state index in [1.54, 1.807) is 12.1 Å². The minimum absolute atomic E-state index is 0.0524. The van der Waals surface area contributed by atoms with Crippen LogP contribution in [0.5, 0.6) is 11.5 Å². The van der Waals surface area contributed by atoms with Gasteiger partial charge in [-0.1, -0.05) is 30.3 Å². The molecule has 2 aromatic carbocycles. The van der Waals surface area contributed by atoms with Crippen molar-refractivity contribution >= 4 is 23.9 Å². The van der Waals surface area contributed by atoms with E-state index in [9.17, 15) is 19.2 Å². The van der Waals surface area contributed by atoms with E-state index >= 15 is 0 Å². The molecule has 1 saturated heterocycles. The highest BCUT2D eigenvalue weighted by atomic mass is 16.7. The van der Waals surface area contributed by atoms with Crippen LogP contribution in [0.25, 0.3) is 0 Å². The van der Waals surface area contributed by atoms with Crippen LogP contribution < -0.4 is 9.47 Å². The molecular weight excluding hydrogens is 536 g/mol. The molecule has 5 atom stereocenters. The Morgan fingerprint density at radius 2 is 1.34 bits per heavy atom. The van der Waals surface area contributed by atoms with Gasteiger partial charge in [-0.05, 0) is 43.2 Å². The SMILES string of the molecule is CC(=O)OC[C@H]1OC(Oc2ccccc2Cc2ccc(OC(C)C)cc2)[C@H](OC(C)=O)[C@@H](OC(C)=O)[C@@H]1OC(C)=O. The van der Waals surface area contributed by atoms with E-state index in [0.717, 1.165) is 30.7 Å². The maximum atomic E-state index is 12.1. The van der Waals surface area contributed by atoms with Gasteiger partial charge in [0, 0.05) is 34.1 Å². The molecule has 0 aromatic heterocycles. The molecule has 0 bridgehead atoms. The highest BCUT2D eigenvalue weighted by Gasteiger charge is 2.53. The van der Waals surface area contributed by atoms with Crippen LogP contribution in [0, 0.1) is 0 Å². The normalized spacial score (nSPS) is 21.9. The zero-order chi connectivity index (χ0) is 30.1. The minimum atomic E-state index is -1.32. The molecule has 1 aliphatic heterocycles. The van der Waals surface area contributed by atoms with Gasteiger partial charge in [-0.25, -0.2) is 0 Å². The van der Waals surface area contributed by atoms with Crippen molar-refractivity contribution in [2.45, 2.75) is 84.8 Å². The number of esters is 4. The predicted octanol–water partition coefficient (Wildman–Crippen LogP) is 3.53. The molecule has 0 saturated carbocycles. The molecule has 1 aliphatic rings. The number of rotatable bonds is 11. The number of hydrogen-bond donors (Lipinski definition) is 0. The first-order valence-corrected chi connectivity index (χ1v) is 13.2. The molecule has 11 nitrogen and oxygen atoms in total. The summed E-state index contributed by atoms with van der Waals surface area (Å²) in [6.45, 7) is 8.27. The summed E-state index contributed by atoms with van der Waals surface area (Å²) in [6, 6.07) is 14.9. The minimum Gasteiger partial charge on any atom is -0.491 e. The first-order chi connectivity index (χ1) is 19.4. The first kappa shape index (κ1) is 31.4. The Labute approximate surface area is 238 Å². The van der Waals surface area contributed by atoms with E-state index in [1.165, 1.54) is 13.8 Å². The van der Waals surface area contributed by atoms with Crippen LogP contribution >= 0.6 is 0 Å². The fraction of sp³-hybridized carbons (Fsp3) is 0.467. The Hall–Kier alpha value is -4.12. The molecule has 0 aliphatic carbocycles. The van der Waals surface area contributed by atoms with Crippen molar-refractivity contribution in [3.05, 3.63) is 59.7 Å². The lowest BCUT2D eigenvalue weighted by molar-refractivity contribution is -0.288. The van der Waals surface area contributed by atoms with Crippen molar-refractivity contribution in [3.8, 4) is 11.5 Å². The molecule has 1 unspecified atom stereocenters. The monoisotopic (exact) mass is 572 g/mol. The van der Waals surface area contributed by atoms with Crippen LogP contribution in [0.2, 0.25) is 0 Å². The third-order valence-electron chi connectivity index (χ3n) is 5.85. The summed E-state index contributed by atoms with van der Waals surface area (Å²) in [5.41, 5.74) is 1.77. The third-order valence-corrected chi connectivity index (χ3v) is 5.85. The third kappa shape index (κ3) is 9.49. The van der Waals surface area contributed by atoms with Crippen molar-refractivity contribution in [1.82, 2.24) is 0 Å². The average molecular weight is 573 g/mol. The van der Waals surface area contributed by atoms with Crippen molar-refractivity contribution in [2.75, 3.05) is 6.61 Å². The van der Waals surface area contributed by atoms with E-state index in [4.69, 9.17) is 33.2 Å². The van der Waals surface area contributed by atoms with Gasteiger partial charge in [-0.15, -0.1) is 0 Å². The highest BCUT2D eigenvalue weighted by Crippen LogP contribution is 2.32. The lowest BCUT2D eigenvalue weighted by atomic mass is 9.98. The molecule has 0 N–H and O–H groups in total. The Morgan fingerprint density at radius 1 is 0.756 bits per heavy atom. The van der Waals surface area contributed by atoms with Gasteiger partial charge in [0.15, 0.2) is 12.2 Å². The highest BCUT2D eigenvalue weighted by molar-refractivity contribution is 5.68. The van der Waals surface area contributed by atoms with Crippen LogP contribution in [-0.4, -0.2) is 67.3 Å². The standard InChI is InChI=1S/C30H36O11/c1-17(2)36-24-13-11-22(12-14-24)15-23-9-7-8-10-25(23)40-30-29(39-21(6)34)28(38-20(5)33)27(37-19(4)32)26(41-30)16-35-18(3)31/h7-14,17,26-30H,15-16H2,1-6H3/t26-,27-,28+,29-,30?/m1/s1. The van der Waals surface area contributed by atoms with Crippen molar-refractivity contribution in [3.63, 3.8) is 0 Å². The number of carbonyl (C=O) groups is 4. The fourth-order valence-corrected chi connectivity index (χ4v) is 4.35. The second kappa shape index (κ2) is 14.5. The van der Waals surface area contributed by atoms with Gasteiger partial charge in [0.05, 0.1) is 6.10 Å². The topological polar surface area (TPSA) is 133 Å². The first-order valence-electron chi connectivity index (χ1n) is 13.2. The van der Waals surface area contributed by atoms with Crippen LogP contribution in [0.15, 0.2) is 48.5 Å². The molecular formula is C30H36O11. The molecule has 41 heavy (non-hydrogen) atoms. The van der Waals surface area contributed by atoms with E-state index in [1.807, 2.05) is 50.2 Å². The van der Waals surface area contributed by atoms with Gasteiger partial charge in [0.1, 0.15) is 24.2 Å². The van der Waals surface area contributed by atoms with Crippen LogP contribution in [0.3, 0.4) is 0 Å². The molecule has 2 aromatic rings. The summed E-state index contributed by atoms with van der Waals surface area (Å²) in [7, 11) is 0. The van der Waals surface area contributed by atoms with Gasteiger partial charge in [-0.3, -0.25) is 19.2 Å².